The highest BCUT2D eigenvalue weighted by Gasteiger charge is 2.29. The number of nitrogens with one attached hydrogen (secondary N) is 1. The Balaban J connectivity index is 1.27. The minimum Gasteiger partial charge on any atom is -0.487 e. The van der Waals surface area contributed by atoms with Gasteiger partial charge in [0, 0.05) is 50.1 Å². The smallest absolute Gasteiger partial charge is 0.256 e. The standard InChI is InChI=1S/C31H41N9O4/c1-22(17-34-21-33)44-29-15-23(3-4-24(29)16-32)25-18-35-31(36-19-25)37-28-20-40(38-30(28)43-12-2-11-41)27-7-5-26(6-8-27)39-9-13-42-14-10-39/h3-4,15,18-22,26-27,41H,2,5-14,17H2,1H3,(H2,33,34)(H,35,36,37)/t22-,26?,27?/m0/s1. The average molecular weight is 604 g/mol. The quantitative estimate of drug-likeness (QED) is 0.149. The molecule has 2 aromatic heterocycles. The van der Waals surface area contributed by atoms with Crippen molar-refractivity contribution in [1.29, 1.82) is 5.26 Å². The maximum atomic E-state index is 9.54. The van der Waals surface area contributed by atoms with Crippen molar-refractivity contribution in [3.8, 4) is 28.8 Å². The van der Waals surface area contributed by atoms with Crippen LogP contribution in [0.3, 0.4) is 0 Å². The third-order valence-corrected chi connectivity index (χ3v) is 7.97. The fourth-order valence-electron chi connectivity index (χ4n) is 5.64. The van der Waals surface area contributed by atoms with Crippen LogP contribution in [0.5, 0.6) is 11.6 Å². The fraction of sp³-hybridized carbons (Fsp3) is 0.516. The average Bonchev–Trinajstić information content (AvgIpc) is 3.47. The molecule has 0 unspecified atom stereocenters. The Bertz CT molecular complexity index is 1410. The summed E-state index contributed by atoms with van der Waals surface area (Å²) in [5.41, 5.74) is 8.03. The highest BCUT2D eigenvalue weighted by molar-refractivity contribution is 5.67. The van der Waals surface area contributed by atoms with Crippen molar-refractivity contribution in [1.82, 2.24) is 24.6 Å². The van der Waals surface area contributed by atoms with Gasteiger partial charge in [-0.25, -0.2) is 9.97 Å². The first kappa shape index (κ1) is 31.2. The van der Waals surface area contributed by atoms with Gasteiger partial charge < -0.3 is 30.4 Å². The van der Waals surface area contributed by atoms with Crippen LogP contribution in [0.2, 0.25) is 0 Å². The highest BCUT2D eigenvalue weighted by atomic mass is 16.5. The number of anilines is 2. The van der Waals surface area contributed by atoms with Gasteiger partial charge in [-0.2, -0.15) is 5.26 Å². The van der Waals surface area contributed by atoms with Gasteiger partial charge in [0.2, 0.25) is 5.95 Å². The number of aliphatic hydroxyl groups is 1. The number of ether oxygens (including phenoxy) is 3. The van der Waals surface area contributed by atoms with Gasteiger partial charge in [0.1, 0.15) is 23.6 Å². The maximum Gasteiger partial charge on any atom is 0.256 e. The summed E-state index contributed by atoms with van der Waals surface area (Å²) in [6.07, 6.45) is 11.2. The third-order valence-electron chi connectivity index (χ3n) is 7.97. The molecule has 1 aromatic carbocycles. The molecule has 1 atom stereocenters. The fourth-order valence-corrected chi connectivity index (χ4v) is 5.64. The SMILES string of the molecule is C[C@@H](CN=CN)Oc1cc(-c2cnc(Nc3cn(C4CCC(N5CCOCC5)CC4)nc3OCCCO)nc2)ccc1C#N. The summed E-state index contributed by atoms with van der Waals surface area (Å²) in [6.45, 7) is 6.30. The Morgan fingerprint density at radius 2 is 1.93 bits per heavy atom. The van der Waals surface area contributed by atoms with E-state index in [1.54, 1.807) is 24.5 Å². The molecule has 0 bridgehead atoms. The van der Waals surface area contributed by atoms with E-state index in [1.165, 1.54) is 6.34 Å². The Kier molecular flexibility index (Phi) is 11.0. The number of aliphatic hydroxyl groups excluding tert-OH is 1. The summed E-state index contributed by atoms with van der Waals surface area (Å²) in [5, 5.41) is 26.8. The first-order valence-corrected chi connectivity index (χ1v) is 15.2. The molecule has 0 spiro atoms. The summed E-state index contributed by atoms with van der Waals surface area (Å²) in [6, 6.07) is 8.41. The Labute approximate surface area is 257 Å². The number of benzene rings is 1. The minimum atomic E-state index is -0.255. The van der Waals surface area contributed by atoms with Gasteiger partial charge >= 0.3 is 0 Å². The molecule has 2 fully saturated rings. The van der Waals surface area contributed by atoms with Crippen molar-refractivity contribution in [2.45, 2.75) is 57.2 Å². The molecule has 0 amide bonds. The second-order valence-electron chi connectivity index (χ2n) is 11.1. The van der Waals surface area contributed by atoms with E-state index in [0.717, 1.165) is 63.1 Å². The molecule has 4 N–H and O–H groups in total. The zero-order valence-electron chi connectivity index (χ0n) is 25.1. The van der Waals surface area contributed by atoms with Gasteiger partial charge in [0.15, 0.2) is 0 Å². The molecule has 0 radical (unpaired) electrons. The van der Waals surface area contributed by atoms with Gasteiger partial charge in [-0.1, -0.05) is 6.07 Å². The van der Waals surface area contributed by atoms with E-state index in [0.29, 0.717) is 54.4 Å². The number of nitrogens with two attached hydrogens (primary N) is 1. The summed E-state index contributed by atoms with van der Waals surface area (Å²) >= 11 is 0. The molecule has 1 aliphatic carbocycles. The summed E-state index contributed by atoms with van der Waals surface area (Å²) in [5.74, 6) is 1.32. The van der Waals surface area contributed by atoms with Crippen molar-refractivity contribution in [2.24, 2.45) is 10.7 Å². The van der Waals surface area contributed by atoms with Crippen molar-refractivity contribution in [3.05, 3.63) is 42.4 Å². The Hall–Kier alpha value is -4.25. The summed E-state index contributed by atoms with van der Waals surface area (Å²) < 4.78 is 19.4. The lowest BCUT2D eigenvalue weighted by molar-refractivity contribution is 0.00503. The number of aromatic nitrogens is 4. The molecule has 13 nitrogen and oxygen atoms in total. The zero-order valence-corrected chi connectivity index (χ0v) is 25.1. The zero-order chi connectivity index (χ0) is 30.7. The molecule has 1 saturated carbocycles. The Morgan fingerprint density at radius 3 is 2.64 bits per heavy atom. The van der Waals surface area contributed by atoms with E-state index < -0.39 is 0 Å². The van der Waals surface area contributed by atoms with Crippen LogP contribution >= 0.6 is 0 Å². The molecule has 13 heteroatoms. The van der Waals surface area contributed by atoms with E-state index in [2.05, 4.69) is 31.2 Å². The van der Waals surface area contributed by atoms with E-state index in [1.807, 2.05) is 23.9 Å². The Morgan fingerprint density at radius 1 is 1.18 bits per heavy atom. The molecule has 5 rings (SSSR count). The van der Waals surface area contributed by atoms with Crippen molar-refractivity contribution in [2.75, 3.05) is 51.4 Å². The van der Waals surface area contributed by atoms with Gasteiger partial charge in [0.05, 0.1) is 50.5 Å². The third kappa shape index (κ3) is 8.02. The van der Waals surface area contributed by atoms with Crippen LogP contribution in [0.25, 0.3) is 11.1 Å². The van der Waals surface area contributed by atoms with E-state index >= 15 is 0 Å². The van der Waals surface area contributed by atoms with Crippen LogP contribution in [0, 0.1) is 11.3 Å². The van der Waals surface area contributed by atoms with Crippen molar-refractivity contribution in [3.63, 3.8) is 0 Å². The largest absolute Gasteiger partial charge is 0.487 e. The van der Waals surface area contributed by atoms with Crippen LogP contribution in [-0.4, -0.2) is 94.3 Å². The van der Waals surface area contributed by atoms with Gasteiger partial charge in [-0.05, 0) is 50.3 Å². The number of nitriles is 1. The first-order valence-electron chi connectivity index (χ1n) is 15.2. The van der Waals surface area contributed by atoms with Gasteiger partial charge in [0.25, 0.3) is 5.88 Å². The van der Waals surface area contributed by atoms with E-state index in [9.17, 15) is 10.4 Å². The normalized spacial score (nSPS) is 19.8. The molecule has 3 aromatic rings. The second-order valence-corrected chi connectivity index (χ2v) is 11.1. The van der Waals surface area contributed by atoms with E-state index in [4.69, 9.17) is 25.0 Å². The van der Waals surface area contributed by atoms with Gasteiger partial charge in [-0.15, -0.1) is 5.10 Å². The van der Waals surface area contributed by atoms with E-state index in [-0.39, 0.29) is 18.8 Å². The first-order chi connectivity index (χ1) is 21.6. The van der Waals surface area contributed by atoms with Crippen molar-refractivity contribution < 1.29 is 19.3 Å². The highest BCUT2D eigenvalue weighted by Crippen LogP contribution is 2.35. The predicted octanol–water partition coefficient (Wildman–Crippen LogP) is 3.29. The maximum absolute atomic E-state index is 9.54. The molecular formula is C31H41N9O4. The minimum absolute atomic E-state index is 0.0439. The lowest BCUT2D eigenvalue weighted by Gasteiger charge is -2.38. The van der Waals surface area contributed by atoms with Crippen LogP contribution in [0.1, 0.15) is 50.6 Å². The predicted molar refractivity (Wildman–Crippen MR) is 166 cm³/mol. The number of hydrogen-bond donors (Lipinski definition) is 3. The number of rotatable bonds is 13. The summed E-state index contributed by atoms with van der Waals surface area (Å²) in [7, 11) is 0. The summed E-state index contributed by atoms with van der Waals surface area (Å²) in [4.78, 5) is 15.6. The number of morpholine rings is 1. The van der Waals surface area contributed by atoms with Crippen LogP contribution in [0.4, 0.5) is 11.6 Å². The lowest BCUT2D eigenvalue weighted by Crippen LogP contribution is -2.45. The number of hydrogen-bond acceptors (Lipinski definition) is 11. The number of aliphatic imine (C=N–C) groups is 1. The van der Waals surface area contributed by atoms with Crippen LogP contribution < -0.4 is 20.5 Å². The molecule has 1 saturated heterocycles. The molecule has 1 aliphatic heterocycles. The van der Waals surface area contributed by atoms with Crippen molar-refractivity contribution >= 4 is 18.0 Å². The van der Waals surface area contributed by atoms with Crippen LogP contribution in [-0.2, 0) is 4.74 Å². The molecule has 3 heterocycles. The molecular weight excluding hydrogens is 562 g/mol. The topological polar surface area (TPSA) is 169 Å². The molecule has 234 valence electrons. The molecule has 2 aliphatic rings. The molecule has 44 heavy (non-hydrogen) atoms. The van der Waals surface area contributed by atoms with Gasteiger partial charge in [-0.3, -0.25) is 14.6 Å². The second kappa shape index (κ2) is 15.5. The lowest BCUT2D eigenvalue weighted by atomic mass is 9.90. The van der Waals surface area contributed by atoms with Crippen LogP contribution in [0.15, 0.2) is 41.8 Å². The number of nitrogens with zero attached hydrogens (tertiary/aromatic N) is 7. The monoisotopic (exact) mass is 603 g/mol.